The Morgan fingerprint density at radius 1 is 1.04 bits per heavy atom. The monoisotopic (exact) mass is 378 g/mol. The fourth-order valence-corrected chi connectivity index (χ4v) is 3.81. The van der Waals surface area contributed by atoms with Crippen molar-refractivity contribution in [2.45, 2.75) is 45.3 Å². The van der Waals surface area contributed by atoms with Crippen molar-refractivity contribution in [2.24, 2.45) is 5.92 Å². The van der Waals surface area contributed by atoms with E-state index < -0.39 is 0 Å². The fraction of sp³-hybridized carbons (Fsp3) is 0.458. The van der Waals surface area contributed by atoms with Gasteiger partial charge in [-0.05, 0) is 68.3 Å². The van der Waals surface area contributed by atoms with E-state index in [1.165, 1.54) is 18.4 Å². The number of hydrogen-bond acceptors (Lipinski definition) is 3. The number of likely N-dealkylation sites (tertiary alicyclic amines) is 1. The van der Waals surface area contributed by atoms with Crippen molar-refractivity contribution in [3.63, 3.8) is 0 Å². The van der Waals surface area contributed by atoms with E-state index in [2.05, 4.69) is 24.4 Å². The molecule has 0 unspecified atom stereocenters. The zero-order valence-corrected chi connectivity index (χ0v) is 16.7. The van der Waals surface area contributed by atoms with Gasteiger partial charge in [0.2, 0.25) is 0 Å². The lowest BCUT2D eigenvalue weighted by Gasteiger charge is -2.33. The minimum Gasteiger partial charge on any atom is -0.488 e. The molecule has 0 radical (unpaired) electrons. The minimum atomic E-state index is 0.0843. The molecule has 0 atom stereocenters. The first-order valence-corrected chi connectivity index (χ1v) is 10.5. The lowest BCUT2D eigenvalue weighted by atomic mass is 10.0. The Morgan fingerprint density at radius 3 is 2.50 bits per heavy atom. The van der Waals surface area contributed by atoms with Gasteiger partial charge in [0.25, 0.3) is 5.91 Å². The van der Waals surface area contributed by atoms with E-state index in [1.54, 1.807) is 0 Å². The molecule has 1 heterocycles. The molecule has 1 saturated heterocycles. The highest BCUT2D eigenvalue weighted by molar-refractivity contribution is 5.97. The van der Waals surface area contributed by atoms with Crippen LogP contribution in [-0.4, -0.2) is 36.5 Å². The third-order valence-electron chi connectivity index (χ3n) is 5.94. The molecule has 2 fully saturated rings. The van der Waals surface area contributed by atoms with Crippen LogP contribution in [0.3, 0.4) is 0 Å². The number of rotatable bonds is 7. The molecule has 0 spiro atoms. The van der Waals surface area contributed by atoms with Crippen LogP contribution in [0.5, 0.6) is 5.75 Å². The molecule has 1 aliphatic carbocycles. The molecule has 1 amide bonds. The highest BCUT2D eigenvalue weighted by atomic mass is 16.5. The van der Waals surface area contributed by atoms with E-state index in [1.807, 2.05) is 41.3 Å². The van der Waals surface area contributed by atoms with Crippen molar-refractivity contribution in [2.75, 3.05) is 19.6 Å². The highest BCUT2D eigenvalue weighted by Crippen LogP contribution is 2.28. The van der Waals surface area contributed by atoms with Crippen molar-refractivity contribution in [3.05, 3.63) is 65.2 Å². The lowest BCUT2D eigenvalue weighted by molar-refractivity contribution is 0.0700. The second-order valence-corrected chi connectivity index (χ2v) is 8.13. The Kier molecular flexibility index (Phi) is 5.96. The summed E-state index contributed by atoms with van der Waals surface area (Å²) < 4.78 is 6.05. The summed E-state index contributed by atoms with van der Waals surface area (Å²) in [6.45, 7) is 5.33. The SMILES string of the molecule is Cc1ccccc1COc1ccccc1C(=O)N1CCC(NCC2CC2)CC1. The molecule has 4 heteroatoms. The smallest absolute Gasteiger partial charge is 0.257 e. The molecule has 0 aromatic heterocycles. The van der Waals surface area contributed by atoms with Crippen molar-refractivity contribution in [1.29, 1.82) is 0 Å². The second kappa shape index (κ2) is 8.78. The van der Waals surface area contributed by atoms with Crippen molar-refractivity contribution < 1.29 is 9.53 Å². The van der Waals surface area contributed by atoms with Gasteiger partial charge in [0.1, 0.15) is 12.4 Å². The number of para-hydroxylation sites is 1. The molecule has 2 aliphatic rings. The van der Waals surface area contributed by atoms with Gasteiger partial charge in [0.05, 0.1) is 5.56 Å². The van der Waals surface area contributed by atoms with E-state index in [0.29, 0.717) is 24.0 Å². The molecule has 1 saturated carbocycles. The number of carbonyl (C=O) groups is 1. The van der Waals surface area contributed by atoms with Crippen LogP contribution in [0.15, 0.2) is 48.5 Å². The first-order chi connectivity index (χ1) is 13.7. The van der Waals surface area contributed by atoms with Crippen LogP contribution in [0.2, 0.25) is 0 Å². The summed E-state index contributed by atoms with van der Waals surface area (Å²) in [6.07, 6.45) is 4.82. The van der Waals surface area contributed by atoms with E-state index in [4.69, 9.17) is 4.74 Å². The van der Waals surface area contributed by atoms with Crippen LogP contribution in [0.1, 0.15) is 47.2 Å². The van der Waals surface area contributed by atoms with Crippen LogP contribution in [0.25, 0.3) is 0 Å². The predicted molar refractivity (Wildman–Crippen MR) is 112 cm³/mol. The number of aryl methyl sites for hydroxylation is 1. The van der Waals surface area contributed by atoms with Gasteiger partial charge in [0.15, 0.2) is 0 Å². The van der Waals surface area contributed by atoms with Crippen LogP contribution in [0, 0.1) is 12.8 Å². The van der Waals surface area contributed by atoms with Gasteiger partial charge < -0.3 is 15.0 Å². The third kappa shape index (κ3) is 4.74. The van der Waals surface area contributed by atoms with Gasteiger partial charge in [-0.2, -0.15) is 0 Å². The van der Waals surface area contributed by atoms with E-state index in [0.717, 1.165) is 44.0 Å². The van der Waals surface area contributed by atoms with Gasteiger partial charge in [0, 0.05) is 19.1 Å². The zero-order valence-electron chi connectivity index (χ0n) is 16.7. The van der Waals surface area contributed by atoms with Crippen LogP contribution >= 0.6 is 0 Å². The van der Waals surface area contributed by atoms with Crippen LogP contribution in [0.4, 0.5) is 0 Å². The predicted octanol–water partition coefficient (Wildman–Crippen LogP) is 4.18. The summed E-state index contributed by atoms with van der Waals surface area (Å²) in [4.78, 5) is 15.1. The minimum absolute atomic E-state index is 0.0843. The summed E-state index contributed by atoms with van der Waals surface area (Å²) in [6, 6.07) is 16.4. The fourth-order valence-electron chi connectivity index (χ4n) is 3.81. The largest absolute Gasteiger partial charge is 0.488 e. The standard InChI is InChI=1S/C24H30N2O2/c1-18-6-2-3-7-20(18)17-28-23-9-5-4-8-22(23)24(27)26-14-12-21(13-15-26)25-16-19-10-11-19/h2-9,19,21,25H,10-17H2,1H3. The van der Waals surface area contributed by atoms with Crippen molar-refractivity contribution in [3.8, 4) is 5.75 Å². The maximum Gasteiger partial charge on any atom is 0.257 e. The zero-order chi connectivity index (χ0) is 19.3. The third-order valence-corrected chi connectivity index (χ3v) is 5.94. The highest BCUT2D eigenvalue weighted by Gasteiger charge is 2.27. The number of nitrogens with one attached hydrogen (secondary N) is 1. The number of piperidine rings is 1. The van der Waals surface area contributed by atoms with Crippen LogP contribution < -0.4 is 10.1 Å². The number of ether oxygens (including phenoxy) is 1. The molecule has 28 heavy (non-hydrogen) atoms. The average molecular weight is 379 g/mol. The number of hydrogen-bond donors (Lipinski definition) is 1. The Hall–Kier alpha value is -2.33. The Morgan fingerprint density at radius 2 is 1.75 bits per heavy atom. The summed E-state index contributed by atoms with van der Waals surface area (Å²) in [5.74, 6) is 1.66. The first kappa shape index (κ1) is 19.0. The van der Waals surface area contributed by atoms with Gasteiger partial charge >= 0.3 is 0 Å². The maximum atomic E-state index is 13.1. The van der Waals surface area contributed by atoms with Gasteiger partial charge in [-0.3, -0.25) is 4.79 Å². The second-order valence-electron chi connectivity index (χ2n) is 8.13. The number of amides is 1. The normalized spacial score (nSPS) is 17.5. The molecule has 1 aliphatic heterocycles. The summed E-state index contributed by atoms with van der Waals surface area (Å²) in [5, 5.41) is 3.68. The average Bonchev–Trinajstić information content (AvgIpc) is 3.56. The molecule has 4 nitrogen and oxygen atoms in total. The topological polar surface area (TPSA) is 41.6 Å². The summed E-state index contributed by atoms with van der Waals surface area (Å²) in [7, 11) is 0. The molecular formula is C24H30N2O2. The Bertz CT molecular complexity index is 808. The Labute approximate surface area is 167 Å². The van der Waals surface area contributed by atoms with E-state index >= 15 is 0 Å². The molecule has 2 aromatic rings. The van der Waals surface area contributed by atoms with Crippen LogP contribution in [-0.2, 0) is 6.61 Å². The molecule has 0 bridgehead atoms. The number of nitrogens with zero attached hydrogens (tertiary/aromatic N) is 1. The summed E-state index contributed by atoms with van der Waals surface area (Å²) in [5.41, 5.74) is 3.01. The summed E-state index contributed by atoms with van der Waals surface area (Å²) >= 11 is 0. The Balaban J connectivity index is 1.36. The molecule has 2 aromatic carbocycles. The van der Waals surface area contributed by atoms with Crippen molar-refractivity contribution in [1.82, 2.24) is 10.2 Å². The van der Waals surface area contributed by atoms with Gasteiger partial charge in [-0.1, -0.05) is 36.4 Å². The van der Waals surface area contributed by atoms with Crippen molar-refractivity contribution >= 4 is 5.91 Å². The number of carbonyl (C=O) groups excluding carboxylic acids is 1. The van der Waals surface area contributed by atoms with E-state index in [9.17, 15) is 4.79 Å². The molecule has 4 rings (SSSR count). The molecule has 1 N–H and O–H groups in total. The first-order valence-electron chi connectivity index (χ1n) is 10.5. The lowest BCUT2D eigenvalue weighted by Crippen LogP contribution is -2.45. The molecular weight excluding hydrogens is 348 g/mol. The maximum absolute atomic E-state index is 13.1. The molecule has 148 valence electrons. The van der Waals surface area contributed by atoms with Gasteiger partial charge in [-0.25, -0.2) is 0 Å². The van der Waals surface area contributed by atoms with Gasteiger partial charge in [-0.15, -0.1) is 0 Å². The van der Waals surface area contributed by atoms with E-state index in [-0.39, 0.29) is 5.91 Å². The quantitative estimate of drug-likeness (QED) is 0.786. The number of benzene rings is 2.